The molecule has 12 heteroatoms. The smallest absolute Gasteiger partial charge is 0.341 e. The van der Waals surface area contributed by atoms with Crippen LogP contribution in [0.5, 0.6) is 5.75 Å². The first-order chi connectivity index (χ1) is 16.7. The quantitative estimate of drug-likeness (QED) is 0.504. The highest BCUT2D eigenvalue weighted by molar-refractivity contribution is 7.88. The number of anilines is 1. The van der Waals surface area contributed by atoms with Gasteiger partial charge in [0.15, 0.2) is 0 Å². The second kappa shape index (κ2) is 11.1. The molecule has 10 nitrogen and oxygen atoms in total. The summed E-state index contributed by atoms with van der Waals surface area (Å²) in [5.41, 5.74) is 1.39. The van der Waals surface area contributed by atoms with Crippen molar-refractivity contribution in [2.45, 2.75) is 25.5 Å². The fraction of sp³-hybridized carbons (Fsp3) is 0.522. The number of benzene rings is 1. The molecule has 2 aliphatic rings. The standard InChI is InChI=1S/C23H30ClN5O5S/c1-33-22(30)18-14-25-23(26-15-18)28-7-5-19(6-8-28)34-21-4-3-17(13-20(21)24)16-27-9-11-29(12-10-27)35(2,31)32/h3-4,13-15,19H,5-12,16H2,1-2H3. The molecule has 0 aliphatic carbocycles. The third-order valence-corrected chi connectivity index (χ3v) is 7.88. The number of piperazine rings is 1. The van der Waals surface area contributed by atoms with E-state index in [9.17, 15) is 13.2 Å². The molecule has 3 heterocycles. The molecule has 0 bridgehead atoms. The highest BCUT2D eigenvalue weighted by Crippen LogP contribution is 2.29. The summed E-state index contributed by atoms with van der Waals surface area (Å²) in [5, 5.41) is 0.571. The SMILES string of the molecule is COC(=O)c1cnc(N2CCC(Oc3ccc(CN4CCN(S(C)(=O)=O)CC4)cc3Cl)CC2)nc1. The second-order valence-corrected chi connectivity index (χ2v) is 11.2. The molecule has 1 aromatic heterocycles. The zero-order valence-electron chi connectivity index (χ0n) is 19.9. The molecule has 0 saturated carbocycles. The molecule has 0 unspecified atom stereocenters. The first kappa shape index (κ1) is 25.6. The summed E-state index contributed by atoms with van der Waals surface area (Å²) < 4.78 is 35.7. The lowest BCUT2D eigenvalue weighted by atomic mass is 10.1. The van der Waals surface area contributed by atoms with Crippen LogP contribution in [0.15, 0.2) is 30.6 Å². The number of nitrogens with zero attached hydrogens (tertiary/aromatic N) is 5. The van der Waals surface area contributed by atoms with Crippen LogP contribution >= 0.6 is 11.6 Å². The number of hydrogen-bond donors (Lipinski definition) is 0. The monoisotopic (exact) mass is 523 g/mol. The van der Waals surface area contributed by atoms with Crippen molar-refractivity contribution in [1.29, 1.82) is 0 Å². The third-order valence-electron chi connectivity index (χ3n) is 6.28. The van der Waals surface area contributed by atoms with E-state index in [2.05, 4.69) is 24.5 Å². The molecular formula is C23H30ClN5O5S. The van der Waals surface area contributed by atoms with Gasteiger partial charge in [-0.25, -0.2) is 23.2 Å². The Morgan fingerprint density at radius 3 is 2.31 bits per heavy atom. The second-order valence-electron chi connectivity index (χ2n) is 8.77. The Bertz CT molecular complexity index is 1130. The van der Waals surface area contributed by atoms with Crippen molar-refractivity contribution in [2.24, 2.45) is 0 Å². The third kappa shape index (κ3) is 6.60. The maximum absolute atomic E-state index is 11.7. The van der Waals surface area contributed by atoms with Gasteiger partial charge in [-0.05, 0) is 17.7 Å². The van der Waals surface area contributed by atoms with Gasteiger partial charge in [0, 0.05) is 71.0 Å². The lowest BCUT2D eigenvalue weighted by Gasteiger charge is -2.33. The van der Waals surface area contributed by atoms with Crippen molar-refractivity contribution in [3.8, 4) is 5.75 Å². The molecule has 4 rings (SSSR count). The van der Waals surface area contributed by atoms with Gasteiger partial charge >= 0.3 is 5.97 Å². The average Bonchev–Trinajstić information content (AvgIpc) is 2.85. The van der Waals surface area contributed by atoms with Crippen molar-refractivity contribution >= 4 is 33.5 Å². The van der Waals surface area contributed by atoms with Gasteiger partial charge in [-0.3, -0.25) is 4.90 Å². The Morgan fingerprint density at radius 1 is 1.09 bits per heavy atom. The molecule has 1 aromatic carbocycles. The summed E-state index contributed by atoms with van der Waals surface area (Å²) in [6.07, 6.45) is 5.83. The van der Waals surface area contributed by atoms with E-state index < -0.39 is 16.0 Å². The maximum Gasteiger partial charge on any atom is 0.341 e. The van der Waals surface area contributed by atoms with E-state index in [1.807, 2.05) is 18.2 Å². The fourth-order valence-corrected chi connectivity index (χ4v) is 5.35. The van der Waals surface area contributed by atoms with Gasteiger partial charge < -0.3 is 14.4 Å². The number of carbonyl (C=O) groups excluding carboxylic acids is 1. The number of aromatic nitrogens is 2. The van der Waals surface area contributed by atoms with Crippen LogP contribution < -0.4 is 9.64 Å². The number of halogens is 1. The van der Waals surface area contributed by atoms with Crippen molar-refractivity contribution in [2.75, 3.05) is 57.5 Å². The van der Waals surface area contributed by atoms with Crippen LogP contribution in [-0.2, 0) is 21.3 Å². The maximum atomic E-state index is 11.7. The van der Waals surface area contributed by atoms with Crippen LogP contribution in [0.25, 0.3) is 0 Å². The Hall–Kier alpha value is -2.47. The Morgan fingerprint density at radius 2 is 1.74 bits per heavy atom. The molecule has 0 N–H and O–H groups in total. The van der Waals surface area contributed by atoms with Gasteiger partial charge in [0.25, 0.3) is 0 Å². The molecule has 0 amide bonds. The Balaban J connectivity index is 1.26. The average molecular weight is 524 g/mol. The van der Waals surface area contributed by atoms with Gasteiger partial charge in [0.1, 0.15) is 11.9 Å². The number of methoxy groups -OCH3 is 1. The molecule has 2 aromatic rings. The van der Waals surface area contributed by atoms with Crippen LogP contribution in [0.1, 0.15) is 28.8 Å². The van der Waals surface area contributed by atoms with Crippen LogP contribution in [0, 0.1) is 0 Å². The van der Waals surface area contributed by atoms with Gasteiger partial charge in [0.2, 0.25) is 16.0 Å². The van der Waals surface area contributed by atoms with Crippen molar-refractivity contribution in [1.82, 2.24) is 19.2 Å². The summed E-state index contributed by atoms with van der Waals surface area (Å²) in [7, 11) is -1.81. The highest BCUT2D eigenvalue weighted by Gasteiger charge is 2.25. The number of esters is 1. The summed E-state index contributed by atoms with van der Waals surface area (Å²) in [6.45, 7) is 4.58. The minimum Gasteiger partial charge on any atom is -0.489 e. The first-order valence-electron chi connectivity index (χ1n) is 11.5. The van der Waals surface area contributed by atoms with Crippen LogP contribution in [-0.4, -0.2) is 92.3 Å². The van der Waals surface area contributed by atoms with E-state index in [0.717, 1.165) is 31.5 Å². The zero-order chi connectivity index (χ0) is 25.0. The molecule has 0 spiro atoms. The number of carbonyl (C=O) groups is 1. The minimum absolute atomic E-state index is 0.0352. The molecule has 0 atom stereocenters. The van der Waals surface area contributed by atoms with Crippen LogP contribution in [0.3, 0.4) is 0 Å². The normalized spacial score (nSPS) is 18.4. The lowest BCUT2D eigenvalue weighted by Crippen LogP contribution is -2.47. The summed E-state index contributed by atoms with van der Waals surface area (Å²) in [4.78, 5) is 24.4. The first-order valence-corrected chi connectivity index (χ1v) is 13.7. The van der Waals surface area contributed by atoms with Gasteiger partial charge in [-0.15, -0.1) is 0 Å². The highest BCUT2D eigenvalue weighted by atomic mass is 35.5. The number of hydrogen-bond acceptors (Lipinski definition) is 9. The number of ether oxygens (including phenoxy) is 2. The summed E-state index contributed by atoms with van der Waals surface area (Å²) >= 11 is 6.53. The predicted molar refractivity (Wildman–Crippen MR) is 132 cm³/mol. The largest absolute Gasteiger partial charge is 0.489 e. The van der Waals surface area contributed by atoms with Gasteiger partial charge in [-0.2, -0.15) is 4.31 Å². The molecule has 0 radical (unpaired) electrons. The van der Waals surface area contributed by atoms with Gasteiger partial charge in [0.05, 0.1) is 24.0 Å². The number of sulfonamides is 1. The summed E-state index contributed by atoms with van der Waals surface area (Å²) in [6, 6.07) is 5.84. The Kier molecular flexibility index (Phi) is 8.10. The van der Waals surface area contributed by atoms with Crippen LogP contribution in [0.4, 0.5) is 5.95 Å². The lowest BCUT2D eigenvalue weighted by molar-refractivity contribution is 0.0599. The Labute approximate surface area is 210 Å². The van der Waals surface area contributed by atoms with Crippen molar-refractivity contribution in [3.63, 3.8) is 0 Å². The molecule has 2 saturated heterocycles. The van der Waals surface area contributed by atoms with E-state index >= 15 is 0 Å². The van der Waals surface area contributed by atoms with Gasteiger partial charge in [-0.1, -0.05) is 17.7 Å². The molecular weight excluding hydrogens is 494 g/mol. The zero-order valence-corrected chi connectivity index (χ0v) is 21.5. The molecule has 190 valence electrons. The molecule has 2 aliphatic heterocycles. The number of rotatable bonds is 7. The van der Waals surface area contributed by atoms with Crippen molar-refractivity contribution in [3.05, 3.63) is 46.7 Å². The van der Waals surface area contributed by atoms with Crippen molar-refractivity contribution < 1.29 is 22.7 Å². The topological polar surface area (TPSA) is 105 Å². The van der Waals surface area contributed by atoms with Crippen LogP contribution in [0.2, 0.25) is 5.02 Å². The van der Waals surface area contributed by atoms with E-state index in [4.69, 9.17) is 16.3 Å². The minimum atomic E-state index is -3.13. The number of piperidine rings is 1. The molecule has 2 fully saturated rings. The van der Waals surface area contributed by atoms with E-state index in [-0.39, 0.29) is 6.10 Å². The van der Waals surface area contributed by atoms with E-state index in [1.54, 1.807) is 0 Å². The van der Waals surface area contributed by atoms with E-state index in [0.29, 0.717) is 55.0 Å². The summed E-state index contributed by atoms with van der Waals surface area (Å²) in [5.74, 6) is 0.784. The van der Waals surface area contributed by atoms with E-state index in [1.165, 1.54) is 30.1 Å². The molecule has 35 heavy (non-hydrogen) atoms. The predicted octanol–water partition coefficient (Wildman–Crippen LogP) is 2.04. The fourth-order valence-electron chi connectivity index (χ4n) is 4.28.